The van der Waals surface area contributed by atoms with E-state index < -0.39 is 0 Å². The minimum atomic E-state index is 0. The van der Waals surface area contributed by atoms with Gasteiger partial charge >= 0.3 is 21.1 Å². The predicted molar refractivity (Wildman–Crippen MR) is 39.4 cm³/mol. The van der Waals surface area contributed by atoms with Crippen LogP contribution in [0.25, 0.3) is 12.3 Å². The Kier molecular flexibility index (Phi) is 1180. The zero-order valence-corrected chi connectivity index (χ0v) is 8.45. The molecule has 0 aromatic carbocycles. The summed E-state index contributed by atoms with van der Waals surface area (Å²) in [5.41, 5.74) is 0. The van der Waals surface area contributed by atoms with E-state index >= 15 is 0 Å². The van der Waals surface area contributed by atoms with E-state index in [0.717, 1.165) is 0 Å². The van der Waals surface area contributed by atoms with Gasteiger partial charge in [0.25, 0.3) is 0 Å². The first kappa shape index (κ1) is 73.2. The smallest absolute Gasteiger partial charge is 0.693 e. The molecule has 0 aliphatic heterocycles. The Morgan fingerprint density at radius 2 is 0.875 bits per heavy atom. The van der Waals surface area contributed by atoms with Crippen LogP contribution in [0.3, 0.4) is 0 Å². The summed E-state index contributed by atoms with van der Waals surface area (Å²) in [6.07, 6.45) is 1.25. The molecule has 0 fully saturated rings. The quantitative estimate of drug-likeness (QED) is 0.612. The van der Waals surface area contributed by atoms with Crippen LogP contribution < -0.4 is 0 Å². The van der Waals surface area contributed by atoms with E-state index in [9.17, 15) is 0 Å². The van der Waals surface area contributed by atoms with E-state index in [1.165, 1.54) is 6.42 Å². The van der Waals surface area contributed by atoms with Crippen LogP contribution in [0.4, 0.5) is 0 Å². The van der Waals surface area contributed by atoms with Gasteiger partial charge < -0.3 is 27.2 Å². The molecule has 58 valence electrons. The third kappa shape index (κ3) is 562. The summed E-state index contributed by atoms with van der Waals surface area (Å²) >= 11 is 0. The average Bonchev–Trinajstić information content (AvgIpc) is 0.918. The fraction of sp³-hybridized carbons (Fsp3) is 0.600. The van der Waals surface area contributed by atoms with Crippen LogP contribution in [-0.2, 0) is 21.1 Å². The molecule has 0 bridgehead atoms. The molecule has 0 aliphatic carbocycles. The summed E-state index contributed by atoms with van der Waals surface area (Å²) in [5, 5.41) is 0. The topological polar surface area (TPSA) is 67.0 Å². The Hall–Kier alpha value is 0.608. The van der Waals surface area contributed by atoms with Crippen molar-refractivity contribution in [2.45, 2.75) is 20.3 Å². The standard InChI is InChI=1S/C3H8.2CH3.2H2N.Pt/c1-3-2;;;;;/h3H2,1-2H3;2*1H3;2*1H2;/q;4*-1;+4. The average molecular weight is 301 g/mol. The first-order valence-corrected chi connectivity index (χ1v) is 1.41. The zero-order chi connectivity index (χ0) is 2.71. The Morgan fingerprint density at radius 3 is 0.875 bits per heavy atom. The summed E-state index contributed by atoms with van der Waals surface area (Å²) in [6, 6.07) is 0. The van der Waals surface area contributed by atoms with Gasteiger partial charge in [-0.3, -0.25) is 0 Å². The van der Waals surface area contributed by atoms with Gasteiger partial charge in [-0.2, -0.15) is 0 Å². The predicted octanol–water partition coefficient (Wildman–Crippen LogP) is 3.75. The minimum Gasteiger partial charge on any atom is -0.693 e. The summed E-state index contributed by atoms with van der Waals surface area (Å²) < 4.78 is 0. The Labute approximate surface area is 68.9 Å². The molecule has 0 rings (SSSR count). The Morgan fingerprint density at radius 1 is 0.875 bits per heavy atom. The maximum Gasteiger partial charge on any atom is 4.00 e. The molecule has 0 aromatic heterocycles. The second kappa shape index (κ2) is 128. The molecule has 0 saturated heterocycles. The third-order valence-electron chi connectivity index (χ3n) is 0. The van der Waals surface area contributed by atoms with Crippen LogP contribution in [0.15, 0.2) is 0 Å². The molecule has 2 nitrogen and oxygen atoms in total. The van der Waals surface area contributed by atoms with E-state index in [2.05, 4.69) is 13.8 Å². The van der Waals surface area contributed by atoms with Crippen molar-refractivity contribution in [3.8, 4) is 0 Å². The van der Waals surface area contributed by atoms with Gasteiger partial charge in [0, 0.05) is 0 Å². The summed E-state index contributed by atoms with van der Waals surface area (Å²) in [5.74, 6) is 0. The first-order valence-electron chi connectivity index (χ1n) is 1.41. The molecular weight excluding hydrogens is 283 g/mol. The monoisotopic (exact) mass is 301 g/mol. The molecule has 0 unspecified atom stereocenters. The molecule has 0 spiro atoms. The molecular formula is C5H18N2Pt. The second-order valence-electron chi connectivity index (χ2n) is 0.707. The molecule has 0 atom stereocenters. The SMILES string of the molecule is CCC.[CH3-].[CH3-].[NH2-].[NH2-].[Pt+4]. The van der Waals surface area contributed by atoms with Crippen LogP contribution in [-0.4, -0.2) is 0 Å². The summed E-state index contributed by atoms with van der Waals surface area (Å²) in [7, 11) is 0. The number of hydrogen-bond donors (Lipinski definition) is 0. The van der Waals surface area contributed by atoms with Gasteiger partial charge in [0.05, 0.1) is 0 Å². The van der Waals surface area contributed by atoms with Crippen molar-refractivity contribution in [2.75, 3.05) is 0 Å². The van der Waals surface area contributed by atoms with E-state index in [4.69, 9.17) is 0 Å². The number of nitrogens with two attached hydrogens (primary N) is 2. The van der Waals surface area contributed by atoms with Gasteiger partial charge in [-0.25, -0.2) is 0 Å². The van der Waals surface area contributed by atoms with Gasteiger partial charge in [0.15, 0.2) is 0 Å². The van der Waals surface area contributed by atoms with Gasteiger partial charge in [-0.1, -0.05) is 20.3 Å². The van der Waals surface area contributed by atoms with Crippen molar-refractivity contribution in [3.63, 3.8) is 0 Å². The molecule has 0 saturated carbocycles. The maximum atomic E-state index is 2.12. The van der Waals surface area contributed by atoms with Crippen molar-refractivity contribution in [2.24, 2.45) is 0 Å². The molecule has 8 heavy (non-hydrogen) atoms. The fourth-order valence-corrected chi connectivity index (χ4v) is 0. The van der Waals surface area contributed by atoms with Crippen molar-refractivity contribution in [1.82, 2.24) is 0 Å². The van der Waals surface area contributed by atoms with E-state index in [1.54, 1.807) is 0 Å². The van der Waals surface area contributed by atoms with E-state index in [1.807, 2.05) is 0 Å². The van der Waals surface area contributed by atoms with Crippen LogP contribution in [0.1, 0.15) is 20.3 Å². The number of hydrogen-bond acceptors (Lipinski definition) is 0. The van der Waals surface area contributed by atoms with Crippen LogP contribution in [0, 0.1) is 14.9 Å². The second-order valence-corrected chi connectivity index (χ2v) is 0.707. The van der Waals surface area contributed by atoms with Gasteiger partial charge in [0.2, 0.25) is 0 Å². The minimum absolute atomic E-state index is 0. The van der Waals surface area contributed by atoms with Crippen LogP contribution in [0.2, 0.25) is 0 Å². The molecule has 4 N–H and O–H groups in total. The Balaban J connectivity index is -0.00000000200. The van der Waals surface area contributed by atoms with Gasteiger partial charge in [-0.15, -0.1) is 0 Å². The molecule has 0 heterocycles. The van der Waals surface area contributed by atoms with Crippen molar-refractivity contribution in [1.29, 1.82) is 0 Å². The van der Waals surface area contributed by atoms with Gasteiger partial charge in [0.1, 0.15) is 0 Å². The van der Waals surface area contributed by atoms with E-state index in [0.29, 0.717) is 0 Å². The molecule has 0 aliphatic rings. The maximum absolute atomic E-state index is 2.12. The van der Waals surface area contributed by atoms with Crippen LogP contribution in [0.5, 0.6) is 0 Å². The fourth-order valence-electron chi connectivity index (χ4n) is 0. The third-order valence-corrected chi connectivity index (χ3v) is 0. The van der Waals surface area contributed by atoms with Crippen molar-refractivity contribution >= 4 is 0 Å². The van der Waals surface area contributed by atoms with Gasteiger partial charge in [-0.05, 0) is 0 Å². The summed E-state index contributed by atoms with van der Waals surface area (Å²) in [6.45, 7) is 4.25. The molecule has 0 amide bonds. The number of rotatable bonds is 0. The molecule has 0 radical (unpaired) electrons. The molecule has 3 heteroatoms. The first-order chi connectivity index (χ1) is 1.41. The van der Waals surface area contributed by atoms with E-state index in [-0.39, 0.29) is 48.2 Å². The zero-order valence-electron chi connectivity index (χ0n) is 6.18. The largest absolute Gasteiger partial charge is 4.00 e. The van der Waals surface area contributed by atoms with Crippen molar-refractivity contribution in [3.05, 3.63) is 27.2 Å². The summed E-state index contributed by atoms with van der Waals surface area (Å²) in [4.78, 5) is 0. The normalized spacial score (nSPS) is 2.25. The van der Waals surface area contributed by atoms with Crippen molar-refractivity contribution < 1.29 is 21.1 Å². The molecule has 0 aromatic rings. The Bertz CT molecular complexity index is 10.4. The van der Waals surface area contributed by atoms with Crippen LogP contribution >= 0.6 is 0 Å².